The van der Waals surface area contributed by atoms with Crippen LogP contribution in [-0.2, 0) is 16.2 Å². The van der Waals surface area contributed by atoms with Crippen molar-refractivity contribution in [2.45, 2.75) is 13.5 Å². The van der Waals surface area contributed by atoms with Gasteiger partial charge in [0.2, 0.25) is 0 Å². The third-order valence-electron chi connectivity index (χ3n) is 5.49. The number of anilines is 1. The van der Waals surface area contributed by atoms with Crippen molar-refractivity contribution in [2.24, 2.45) is 0 Å². The number of carbonyl (C=O) groups excluding carboxylic acids is 3. The van der Waals surface area contributed by atoms with Crippen LogP contribution in [0.25, 0.3) is 6.08 Å². The molecular formula is C27H23BrN2O6. The Morgan fingerprint density at radius 2 is 1.64 bits per heavy atom. The topological polar surface area (TPSA) is 94.2 Å². The number of barbiturate groups is 1. The van der Waals surface area contributed by atoms with Gasteiger partial charge >= 0.3 is 6.03 Å². The number of hydrogen-bond donors (Lipinski definition) is 1. The number of nitrogens with one attached hydrogen (secondary N) is 1. The van der Waals surface area contributed by atoms with Crippen molar-refractivity contribution >= 4 is 45.5 Å². The van der Waals surface area contributed by atoms with Crippen molar-refractivity contribution in [1.29, 1.82) is 0 Å². The van der Waals surface area contributed by atoms with Gasteiger partial charge in [0.15, 0.2) is 11.5 Å². The molecule has 1 fully saturated rings. The van der Waals surface area contributed by atoms with Crippen LogP contribution in [0.1, 0.15) is 16.7 Å². The van der Waals surface area contributed by atoms with E-state index in [0.29, 0.717) is 39.6 Å². The van der Waals surface area contributed by atoms with Crippen LogP contribution in [0.4, 0.5) is 10.5 Å². The smallest absolute Gasteiger partial charge is 0.335 e. The number of carbonyl (C=O) groups is 3. The number of imide groups is 2. The van der Waals surface area contributed by atoms with E-state index in [9.17, 15) is 14.4 Å². The van der Waals surface area contributed by atoms with Gasteiger partial charge < -0.3 is 14.2 Å². The molecule has 0 saturated carbocycles. The minimum atomic E-state index is -0.830. The lowest BCUT2D eigenvalue weighted by atomic mass is 10.1. The average molecular weight is 551 g/mol. The third-order valence-corrected chi connectivity index (χ3v) is 6.08. The minimum absolute atomic E-state index is 0.201. The summed E-state index contributed by atoms with van der Waals surface area (Å²) in [4.78, 5) is 39.2. The van der Waals surface area contributed by atoms with Crippen LogP contribution >= 0.6 is 15.9 Å². The number of methoxy groups -OCH3 is 2. The lowest BCUT2D eigenvalue weighted by Crippen LogP contribution is -2.54. The molecule has 1 saturated heterocycles. The highest BCUT2D eigenvalue weighted by atomic mass is 79.9. The number of aryl methyl sites for hydroxylation is 1. The minimum Gasteiger partial charge on any atom is -0.493 e. The Morgan fingerprint density at radius 1 is 0.944 bits per heavy atom. The van der Waals surface area contributed by atoms with Crippen molar-refractivity contribution in [3.63, 3.8) is 0 Å². The highest BCUT2D eigenvalue weighted by Gasteiger charge is 2.36. The van der Waals surface area contributed by atoms with Gasteiger partial charge in [-0.15, -0.1) is 0 Å². The number of rotatable bonds is 7. The zero-order valence-electron chi connectivity index (χ0n) is 19.8. The summed E-state index contributed by atoms with van der Waals surface area (Å²) < 4.78 is 17.0. The van der Waals surface area contributed by atoms with Gasteiger partial charge in [0.25, 0.3) is 11.8 Å². The van der Waals surface area contributed by atoms with E-state index < -0.39 is 17.8 Å². The Labute approximate surface area is 216 Å². The first-order valence-corrected chi connectivity index (χ1v) is 11.7. The van der Waals surface area contributed by atoms with Crippen LogP contribution in [-0.4, -0.2) is 32.1 Å². The average Bonchev–Trinajstić information content (AvgIpc) is 2.86. The quantitative estimate of drug-likeness (QED) is 0.328. The Kier molecular flexibility index (Phi) is 7.40. The summed E-state index contributed by atoms with van der Waals surface area (Å²) in [5, 5.41) is 2.22. The van der Waals surface area contributed by atoms with E-state index in [1.807, 2.05) is 31.2 Å². The van der Waals surface area contributed by atoms with Gasteiger partial charge in [0.05, 0.1) is 24.4 Å². The highest BCUT2D eigenvalue weighted by molar-refractivity contribution is 9.10. The Bertz CT molecular complexity index is 1350. The Hall–Kier alpha value is -4.11. The van der Waals surface area contributed by atoms with Crippen molar-refractivity contribution in [3.8, 4) is 17.2 Å². The van der Waals surface area contributed by atoms with Gasteiger partial charge in [-0.05, 0) is 76.5 Å². The molecule has 0 bridgehead atoms. The summed E-state index contributed by atoms with van der Waals surface area (Å²) in [6, 6.07) is 17.0. The number of amides is 4. The maximum absolute atomic E-state index is 13.2. The van der Waals surface area contributed by atoms with Crippen molar-refractivity contribution in [1.82, 2.24) is 5.32 Å². The fourth-order valence-electron chi connectivity index (χ4n) is 3.62. The van der Waals surface area contributed by atoms with Crippen molar-refractivity contribution in [3.05, 3.63) is 87.4 Å². The van der Waals surface area contributed by atoms with Crippen LogP contribution in [0.3, 0.4) is 0 Å². The maximum atomic E-state index is 13.2. The number of ether oxygens (including phenoxy) is 3. The van der Waals surface area contributed by atoms with Gasteiger partial charge in [-0.1, -0.05) is 29.8 Å². The standard InChI is InChI=1S/C27H23BrN2O6/c1-16-4-6-17(7-5-16)15-36-20-10-8-19(9-11-20)30-26(32)21(25(31)29-27(30)33)12-18-13-22(28)24(35-3)23(14-18)34-2/h4-14H,15H2,1-3H3,(H,29,31,33)/b21-12+. The molecule has 184 valence electrons. The molecule has 0 unspecified atom stereocenters. The second kappa shape index (κ2) is 10.7. The highest BCUT2D eigenvalue weighted by Crippen LogP contribution is 2.37. The molecular weight excluding hydrogens is 528 g/mol. The van der Waals surface area contributed by atoms with E-state index in [1.54, 1.807) is 36.4 Å². The molecule has 0 atom stereocenters. The van der Waals surface area contributed by atoms with Gasteiger partial charge in [-0.25, -0.2) is 9.69 Å². The summed E-state index contributed by atoms with van der Waals surface area (Å²) >= 11 is 3.39. The first-order chi connectivity index (χ1) is 17.3. The first-order valence-electron chi connectivity index (χ1n) is 10.9. The fourth-order valence-corrected chi connectivity index (χ4v) is 4.24. The maximum Gasteiger partial charge on any atom is 0.335 e. The lowest BCUT2D eigenvalue weighted by Gasteiger charge is -2.26. The SMILES string of the molecule is COc1cc(/C=C2\C(=O)NC(=O)N(c3ccc(OCc4ccc(C)cc4)cc3)C2=O)cc(Br)c1OC. The van der Waals surface area contributed by atoms with Gasteiger partial charge in [0, 0.05) is 0 Å². The van der Waals surface area contributed by atoms with Crippen molar-refractivity contribution < 1.29 is 28.6 Å². The van der Waals surface area contributed by atoms with Crippen LogP contribution in [0, 0.1) is 6.92 Å². The third kappa shape index (κ3) is 5.26. The summed E-state index contributed by atoms with van der Waals surface area (Å²) in [7, 11) is 2.98. The second-order valence-electron chi connectivity index (χ2n) is 7.96. The molecule has 8 nitrogen and oxygen atoms in total. The van der Waals surface area contributed by atoms with Crippen LogP contribution in [0.5, 0.6) is 17.2 Å². The largest absolute Gasteiger partial charge is 0.493 e. The predicted octanol–water partition coefficient (Wildman–Crippen LogP) is 5.02. The first kappa shape index (κ1) is 25.0. The van der Waals surface area contributed by atoms with E-state index >= 15 is 0 Å². The van der Waals surface area contributed by atoms with E-state index in [1.165, 1.54) is 25.9 Å². The molecule has 1 heterocycles. The number of benzene rings is 3. The van der Waals surface area contributed by atoms with E-state index in [-0.39, 0.29) is 5.57 Å². The molecule has 0 radical (unpaired) electrons. The summed E-state index contributed by atoms with van der Waals surface area (Å²) in [6.45, 7) is 2.40. The van der Waals surface area contributed by atoms with Crippen LogP contribution < -0.4 is 24.4 Å². The zero-order chi connectivity index (χ0) is 25.8. The molecule has 9 heteroatoms. The Morgan fingerprint density at radius 3 is 2.28 bits per heavy atom. The molecule has 1 N–H and O–H groups in total. The molecule has 0 spiro atoms. The van der Waals surface area contributed by atoms with Gasteiger partial charge in [-0.3, -0.25) is 14.9 Å². The molecule has 0 aliphatic carbocycles. The summed E-state index contributed by atoms with van der Waals surface area (Å²) in [6.07, 6.45) is 1.39. The van der Waals surface area contributed by atoms with E-state index in [4.69, 9.17) is 14.2 Å². The predicted molar refractivity (Wildman–Crippen MR) is 138 cm³/mol. The summed E-state index contributed by atoms with van der Waals surface area (Å²) in [5.74, 6) is -0.0727. The molecule has 4 amide bonds. The molecule has 36 heavy (non-hydrogen) atoms. The van der Waals surface area contributed by atoms with E-state index in [2.05, 4.69) is 21.2 Å². The number of nitrogens with zero attached hydrogens (tertiary/aromatic N) is 1. The zero-order valence-corrected chi connectivity index (χ0v) is 21.4. The molecule has 3 aromatic carbocycles. The van der Waals surface area contributed by atoms with Crippen LogP contribution in [0.2, 0.25) is 0 Å². The molecule has 1 aliphatic rings. The molecule has 4 rings (SSSR count). The molecule has 1 aliphatic heterocycles. The molecule has 0 aromatic heterocycles. The van der Waals surface area contributed by atoms with Gasteiger partial charge in [0.1, 0.15) is 17.9 Å². The van der Waals surface area contributed by atoms with Crippen molar-refractivity contribution in [2.75, 3.05) is 19.1 Å². The number of hydrogen-bond acceptors (Lipinski definition) is 6. The molecule has 3 aromatic rings. The summed E-state index contributed by atoms with van der Waals surface area (Å²) in [5.41, 5.74) is 2.79. The lowest BCUT2D eigenvalue weighted by molar-refractivity contribution is -0.122. The monoisotopic (exact) mass is 550 g/mol. The number of urea groups is 1. The second-order valence-corrected chi connectivity index (χ2v) is 8.82. The normalized spacial score (nSPS) is 14.6. The Balaban J connectivity index is 1.56. The van der Waals surface area contributed by atoms with Gasteiger partial charge in [-0.2, -0.15) is 0 Å². The number of halogens is 1. The fraction of sp³-hybridized carbons (Fsp3) is 0.148. The van der Waals surface area contributed by atoms with E-state index in [0.717, 1.165) is 10.5 Å². The van der Waals surface area contributed by atoms with Crippen LogP contribution in [0.15, 0.2) is 70.7 Å².